The highest BCUT2D eigenvalue weighted by molar-refractivity contribution is 6.05. The Bertz CT molecular complexity index is 801. The maximum absolute atomic E-state index is 12.5. The van der Waals surface area contributed by atoms with E-state index >= 15 is 0 Å². The van der Waals surface area contributed by atoms with E-state index in [0.29, 0.717) is 29.4 Å². The molecule has 0 saturated carbocycles. The van der Waals surface area contributed by atoms with Crippen LogP contribution in [0.25, 0.3) is 0 Å². The second kappa shape index (κ2) is 8.89. The zero-order chi connectivity index (χ0) is 19.1. The van der Waals surface area contributed by atoms with Crippen molar-refractivity contribution in [2.24, 2.45) is 0 Å². The van der Waals surface area contributed by atoms with Gasteiger partial charge in [0, 0.05) is 11.3 Å². The lowest BCUT2D eigenvalue weighted by Crippen LogP contribution is -2.14. The number of anilines is 1. The molecule has 0 unspecified atom stereocenters. The van der Waals surface area contributed by atoms with E-state index in [2.05, 4.69) is 12.2 Å². The van der Waals surface area contributed by atoms with Gasteiger partial charge in [-0.3, -0.25) is 4.79 Å². The van der Waals surface area contributed by atoms with Gasteiger partial charge in [-0.15, -0.1) is 0 Å². The van der Waals surface area contributed by atoms with E-state index < -0.39 is 5.97 Å². The molecular formula is C20H23NO5. The number of aromatic carboxylic acids is 1. The van der Waals surface area contributed by atoms with Crippen molar-refractivity contribution in [2.45, 2.75) is 26.7 Å². The molecule has 0 atom stereocenters. The normalized spacial score (nSPS) is 10.3. The van der Waals surface area contributed by atoms with E-state index in [1.807, 2.05) is 0 Å². The smallest absolute Gasteiger partial charge is 0.335 e. The van der Waals surface area contributed by atoms with Crippen molar-refractivity contribution in [3.05, 3.63) is 53.1 Å². The van der Waals surface area contributed by atoms with Gasteiger partial charge in [-0.25, -0.2) is 4.79 Å². The molecule has 26 heavy (non-hydrogen) atoms. The van der Waals surface area contributed by atoms with Crippen molar-refractivity contribution in [1.82, 2.24) is 0 Å². The summed E-state index contributed by atoms with van der Waals surface area (Å²) in [6.07, 6.45) is 1.96. The molecule has 0 spiro atoms. The largest absolute Gasteiger partial charge is 0.493 e. The lowest BCUT2D eigenvalue weighted by Gasteiger charge is -2.13. The summed E-state index contributed by atoms with van der Waals surface area (Å²) in [6.45, 7) is 4.46. The lowest BCUT2D eigenvalue weighted by atomic mass is 10.1. The van der Waals surface area contributed by atoms with Crippen LogP contribution in [0.2, 0.25) is 0 Å². The van der Waals surface area contributed by atoms with E-state index in [0.717, 1.165) is 18.4 Å². The van der Waals surface area contributed by atoms with Crippen LogP contribution in [0, 0.1) is 6.92 Å². The number of aryl methyl sites for hydroxylation is 1. The average molecular weight is 357 g/mol. The number of nitrogens with one attached hydrogen (secondary N) is 1. The number of amides is 1. The highest BCUT2D eigenvalue weighted by Crippen LogP contribution is 2.29. The molecule has 0 aliphatic rings. The quantitative estimate of drug-likeness (QED) is 0.694. The molecule has 6 nitrogen and oxygen atoms in total. The summed E-state index contributed by atoms with van der Waals surface area (Å²) < 4.78 is 11.0. The van der Waals surface area contributed by atoms with Gasteiger partial charge in [0.1, 0.15) is 0 Å². The third-order valence-corrected chi connectivity index (χ3v) is 3.91. The Morgan fingerprint density at radius 2 is 1.81 bits per heavy atom. The highest BCUT2D eigenvalue weighted by Gasteiger charge is 2.14. The van der Waals surface area contributed by atoms with Crippen molar-refractivity contribution in [1.29, 1.82) is 0 Å². The first-order valence-electron chi connectivity index (χ1n) is 8.42. The van der Waals surface area contributed by atoms with Gasteiger partial charge in [-0.1, -0.05) is 19.4 Å². The number of rotatable bonds is 8. The van der Waals surface area contributed by atoms with Crippen LogP contribution in [0.3, 0.4) is 0 Å². The standard InChI is InChI=1S/C20H23NO5/c1-4-5-10-26-17-9-8-14(12-18(17)25-3)19(22)21-16-11-15(20(23)24)7-6-13(16)2/h6-9,11-12H,4-5,10H2,1-3H3,(H,21,22)(H,23,24). The molecule has 2 rings (SSSR count). The molecule has 2 aromatic carbocycles. The maximum Gasteiger partial charge on any atom is 0.335 e. The van der Waals surface area contributed by atoms with Gasteiger partial charge in [0.15, 0.2) is 11.5 Å². The zero-order valence-electron chi connectivity index (χ0n) is 15.2. The third-order valence-electron chi connectivity index (χ3n) is 3.91. The summed E-state index contributed by atoms with van der Waals surface area (Å²) in [5.41, 5.74) is 1.74. The number of ether oxygens (including phenoxy) is 2. The number of methoxy groups -OCH3 is 1. The Hall–Kier alpha value is -3.02. The molecular weight excluding hydrogens is 334 g/mol. The lowest BCUT2D eigenvalue weighted by molar-refractivity contribution is 0.0696. The van der Waals surface area contributed by atoms with Crippen molar-refractivity contribution in [2.75, 3.05) is 19.0 Å². The van der Waals surface area contributed by atoms with E-state index in [4.69, 9.17) is 14.6 Å². The predicted molar refractivity (Wildman–Crippen MR) is 99.5 cm³/mol. The monoisotopic (exact) mass is 357 g/mol. The van der Waals surface area contributed by atoms with Crippen LogP contribution in [0.15, 0.2) is 36.4 Å². The summed E-state index contributed by atoms with van der Waals surface area (Å²) in [5.74, 6) is -0.337. The molecule has 0 bridgehead atoms. The molecule has 0 heterocycles. The summed E-state index contributed by atoms with van der Waals surface area (Å²) in [7, 11) is 1.52. The van der Waals surface area contributed by atoms with Crippen molar-refractivity contribution >= 4 is 17.6 Å². The average Bonchev–Trinajstić information content (AvgIpc) is 2.63. The van der Waals surface area contributed by atoms with Crippen molar-refractivity contribution in [3.63, 3.8) is 0 Å². The SMILES string of the molecule is CCCCOc1ccc(C(=O)Nc2cc(C(=O)O)ccc2C)cc1OC. The second-order valence-electron chi connectivity index (χ2n) is 5.86. The number of carboxylic acids is 1. The molecule has 0 aliphatic carbocycles. The number of hydrogen-bond acceptors (Lipinski definition) is 4. The number of benzene rings is 2. The zero-order valence-corrected chi connectivity index (χ0v) is 15.2. The first-order valence-corrected chi connectivity index (χ1v) is 8.42. The fourth-order valence-corrected chi connectivity index (χ4v) is 2.34. The van der Waals surface area contributed by atoms with E-state index in [1.165, 1.54) is 19.2 Å². The molecule has 0 fully saturated rings. The Balaban J connectivity index is 2.19. The minimum atomic E-state index is -1.05. The molecule has 0 radical (unpaired) electrons. The van der Waals surface area contributed by atoms with Crippen molar-refractivity contribution in [3.8, 4) is 11.5 Å². The predicted octanol–water partition coefficient (Wildman–Crippen LogP) is 4.13. The Morgan fingerprint density at radius 3 is 2.46 bits per heavy atom. The fourth-order valence-electron chi connectivity index (χ4n) is 2.34. The molecule has 138 valence electrons. The fraction of sp³-hybridized carbons (Fsp3) is 0.300. The van der Waals surface area contributed by atoms with Crippen LogP contribution >= 0.6 is 0 Å². The Kier molecular flexibility index (Phi) is 6.60. The molecule has 2 aromatic rings. The topological polar surface area (TPSA) is 84.9 Å². The highest BCUT2D eigenvalue weighted by atomic mass is 16.5. The number of carbonyl (C=O) groups is 2. The molecule has 0 saturated heterocycles. The van der Waals surface area contributed by atoms with Gasteiger partial charge in [-0.2, -0.15) is 0 Å². The Morgan fingerprint density at radius 1 is 1.08 bits per heavy atom. The number of unbranched alkanes of at least 4 members (excludes halogenated alkanes) is 1. The molecule has 1 amide bonds. The minimum Gasteiger partial charge on any atom is -0.493 e. The second-order valence-corrected chi connectivity index (χ2v) is 5.86. The van der Waals surface area contributed by atoms with Crippen LogP contribution in [0.4, 0.5) is 5.69 Å². The summed E-state index contributed by atoms with van der Waals surface area (Å²) >= 11 is 0. The summed E-state index contributed by atoms with van der Waals surface area (Å²) in [6, 6.07) is 9.55. The van der Waals surface area contributed by atoms with E-state index in [1.54, 1.807) is 31.2 Å². The number of hydrogen-bond donors (Lipinski definition) is 2. The van der Waals surface area contributed by atoms with E-state index in [9.17, 15) is 9.59 Å². The van der Waals surface area contributed by atoms with E-state index in [-0.39, 0.29) is 11.5 Å². The molecule has 0 aromatic heterocycles. The van der Waals surface area contributed by atoms with Crippen LogP contribution in [-0.2, 0) is 0 Å². The minimum absolute atomic E-state index is 0.114. The van der Waals surface area contributed by atoms with Crippen molar-refractivity contribution < 1.29 is 24.2 Å². The number of carbonyl (C=O) groups excluding carboxylic acids is 1. The summed E-state index contributed by atoms with van der Waals surface area (Å²) in [4.78, 5) is 23.6. The van der Waals surface area contributed by atoms with Gasteiger partial charge >= 0.3 is 5.97 Å². The maximum atomic E-state index is 12.5. The van der Waals surface area contributed by atoms with Gasteiger partial charge in [0.05, 0.1) is 19.3 Å². The van der Waals surface area contributed by atoms with Crippen LogP contribution in [0.5, 0.6) is 11.5 Å². The van der Waals surface area contributed by atoms with Crippen LogP contribution < -0.4 is 14.8 Å². The van der Waals surface area contributed by atoms with Crippen LogP contribution in [0.1, 0.15) is 46.0 Å². The Labute approximate surface area is 152 Å². The van der Waals surface area contributed by atoms with Gasteiger partial charge < -0.3 is 19.9 Å². The van der Waals surface area contributed by atoms with Gasteiger partial charge in [0.2, 0.25) is 0 Å². The van der Waals surface area contributed by atoms with Gasteiger partial charge in [0.25, 0.3) is 5.91 Å². The first-order chi connectivity index (χ1) is 12.5. The molecule has 6 heteroatoms. The summed E-state index contributed by atoms with van der Waals surface area (Å²) in [5, 5.41) is 11.8. The molecule has 0 aliphatic heterocycles. The number of carboxylic acid groups (broad SMARTS) is 1. The third kappa shape index (κ3) is 4.75. The molecule has 2 N–H and O–H groups in total. The van der Waals surface area contributed by atoms with Crippen LogP contribution in [-0.4, -0.2) is 30.7 Å². The van der Waals surface area contributed by atoms with Gasteiger partial charge in [-0.05, 0) is 49.2 Å². The first kappa shape index (κ1) is 19.3.